The Labute approximate surface area is 141 Å². The molecule has 5 heteroatoms. The number of hydrogen-bond donors (Lipinski definition) is 1. The van der Waals surface area contributed by atoms with Crippen LogP contribution in [-0.4, -0.2) is 25.9 Å². The molecule has 5 nitrogen and oxygen atoms in total. The fraction of sp³-hybridized carbons (Fsp3) is 0.263. The molecule has 0 unspecified atom stereocenters. The molecule has 0 spiro atoms. The van der Waals surface area contributed by atoms with Crippen LogP contribution in [0.1, 0.15) is 28.8 Å². The quantitative estimate of drug-likeness (QED) is 0.757. The number of amides is 1. The Bertz CT molecular complexity index is 698. The maximum Gasteiger partial charge on any atom is 0.220 e. The zero-order valence-corrected chi connectivity index (χ0v) is 13.9. The average molecular weight is 327 g/mol. The number of rotatable bonds is 8. The van der Waals surface area contributed by atoms with Crippen molar-refractivity contribution in [2.24, 2.45) is 0 Å². The molecule has 0 aliphatic carbocycles. The van der Waals surface area contributed by atoms with Crippen molar-refractivity contribution in [3.63, 3.8) is 0 Å². The SMILES string of the molecule is COc1ccc(CNC(=O)CCC(=O)c2ccccc2)cc1OC. The molecule has 0 heterocycles. The van der Waals surface area contributed by atoms with Crippen molar-refractivity contribution in [2.45, 2.75) is 19.4 Å². The molecule has 24 heavy (non-hydrogen) atoms. The maximum atomic E-state index is 12.0. The van der Waals surface area contributed by atoms with Gasteiger partial charge < -0.3 is 14.8 Å². The zero-order valence-electron chi connectivity index (χ0n) is 13.9. The third kappa shape index (κ3) is 4.84. The first-order chi connectivity index (χ1) is 11.6. The second kappa shape index (κ2) is 8.72. The molecule has 0 fully saturated rings. The minimum absolute atomic E-state index is 0.0307. The van der Waals surface area contributed by atoms with Crippen LogP contribution in [0, 0.1) is 0 Å². The average Bonchev–Trinajstić information content (AvgIpc) is 2.64. The molecule has 1 amide bonds. The van der Waals surface area contributed by atoms with Crippen molar-refractivity contribution in [3.05, 3.63) is 59.7 Å². The van der Waals surface area contributed by atoms with Crippen LogP contribution in [0.25, 0.3) is 0 Å². The summed E-state index contributed by atoms with van der Waals surface area (Å²) in [5.41, 5.74) is 1.53. The normalized spacial score (nSPS) is 10.1. The molecular weight excluding hydrogens is 306 g/mol. The summed E-state index contributed by atoms with van der Waals surface area (Å²) in [6.45, 7) is 0.374. The van der Waals surface area contributed by atoms with E-state index in [0.29, 0.717) is 23.6 Å². The van der Waals surface area contributed by atoms with Gasteiger partial charge in [-0.2, -0.15) is 0 Å². The van der Waals surface area contributed by atoms with Gasteiger partial charge in [-0.3, -0.25) is 9.59 Å². The summed E-state index contributed by atoms with van der Waals surface area (Å²) in [5, 5.41) is 2.81. The van der Waals surface area contributed by atoms with Crippen LogP contribution in [0.4, 0.5) is 0 Å². The van der Waals surface area contributed by atoms with E-state index >= 15 is 0 Å². The van der Waals surface area contributed by atoms with Crippen LogP contribution in [0.2, 0.25) is 0 Å². The minimum atomic E-state index is -0.158. The Balaban J connectivity index is 1.82. The molecule has 2 aromatic rings. The van der Waals surface area contributed by atoms with Crippen molar-refractivity contribution >= 4 is 11.7 Å². The molecule has 2 aromatic carbocycles. The molecular formula is C19H21NO4. The van der Waals surface area contributed by atoms with Gasteiger partial charge in [-0.1, -0.05) is 36.4 Å². The van der Waals surface area contributed by atoms with Gasteiger partial charge in [-0.05, 0) is 17.7 Å². The number of nitrogens with one attached hydrogen (secondary N) is 1. The van der Waals surface area contributed by atoms with Gasteiger partial charge in [0.15, 0.2) is 17.3 Å². The van der Waals surface area contributed by atoms with E-state index in [1.54, 1.807) is 32.4 Å². The standard InChI is InChI=1S/C19H21NO4/c1-23-17-10-8-14(12-18(17)24-2)13-20-19(22)11-9-16(21)15-6-4-3-5-7-15/h3-8,10,12H,9,11,13H2,1-2H3,(H,20,22). The molecule has 0 saturated carbocycles. The molecule has 2 rings (SSSR count). The number of methoxy groups -OCH3 is 2. The molecule has 126 valence electrons. The van der Waals surface area contributed by atoms with E-state index < -0.39 is 0 Å². The van der Waals surface area contributed by atoms with E-state index in [0.717, 1.165) is 5.56 Å². The molecule has 0 saturated heterocycles. The highest BCUT2D eigenvalue weighted by molar-refractivity contribution is 5.97. The minimum Gasteiger partial charge on any atom is -0.493 e. The molecule has 0 radical (unpaired) electrons. The van der Waals surface area contributed by atoms with Crippen LogP contribution in [0.3, 0.4) is 0 Å². The molecule has 0 atom stereocenters. The Hall–Kier alpha value is -2.82. The number of hydrogen-bond acceptors (Lipinski definition) is 4. The predicted molar refractivity (Wildman–Crippen MR) is 91.4 cm³/mol. The van der Waals surface area contributed by atoms with Gasteiger partial charge in [0.2, 0.25) is 5.91 Å². The fourth-order valence-electron chi connectivity index (χ4n) is 2.28. The number of carbonyl (C=O) groups is 2. The highest BCUT2D eigenvalue weighted by Gasteiger charge is 2.10. The highest BCUT2D eigenvalue weighted by Crippen LogP contribution is 2.27. The first-order valence-corrected chi connectivity index (χ1v) is 7.70. The van der Waals surface area contributed by atoms with E-state index in [1.807, 2.05) is 30.3 Å². The van der Waals surface area contributed by atoms with Gasteiger partial charge in [0.1, 0.15) is 0 Å². The summed E-state index contributed by atoms with van der Waals surface area (Å²) in [5.74, 6) is 1.07. The first kappa shape index (κ1) is 17.5. The summed E-state index contributed by atoms with van der Waals surface area (Å²) >= 11 is 0. The Morgan fingerprint density at radius 2 is 1.62 bits per heavy atom. The Morgan fingerprint density at radius 3 is 2.29 bits per heavy atom. The number of ether oxygens (including phenoxy) is 2. The topological polar surface area (TPSA) is 64.6 Å². The zero-order chi connectivity index (χ0) is 17.4. The molecule has 0 aromatic heterocycles. The molecule has 0 aliphatic rings. The summed E-state index contributed by atoms with van der Waals surface area (Å²) < 4.78 is 10.4. The summed E-state index contributed by atoms with van der Waals surface area (Å²) in [6, 6.07) is 14.4. The van der Waals surface area contributed by atoms with Gasteiger partial charge in [-0.15, -0.1) is 0 Å². The maximum absolute atomic E-state index is 12.0. The largest absolute Gasteiger partial charge is 0.493 e. The smallest absolute Gasteiger partial charge is 0.220 e. The Morgan fingerprint density at radius 1 is 0.917 bits per heavy atom. The van der Waals surface area contributed by atoms with Crippen LogP contribution in [-0.2, 0) is 11.3 Å². The lowest BCUT2D eigenvalue weighted by molar-refractivity contribution is -0.121. The predicted octanol–water partition coefficient (Wildman–Crippen LogP) is 2.98. The fourth-order valence-corrected chi connectivity index (χ4v) is 2.28. The van der Waals surface area contributed by atoms with Crippen LogP contribution in [0.15, 0.2) is 48.5 Å². The van der Waals surface area contributed by atoms with Crippen molar-refractivity contribution in [2.75, 3.05) is 14.2 Å². The second-order valence-corrected chi connectivity index (χ2v) is 5.26. The number of benzene rings is 2. The van der Waals surface area contributed by atoms with E-state index in [9.17, 15) is 9.59 Å². The van der Waals surface area contributed by atoms with Gasteiger partial charge >= 0.3 is 0 Å². The number of Topliss-reactive ketones (excluding diaryl/α,β-unsaturated/α-hetero) is 1. The summed E-state index contributed by atoms with van der Waals surface area (Å²) in [7, 11) is 3.14. The highest BCUT2D eigenvalue weighted by atomic mass is 16.5. The van der Waals surface area contributed by atoms with Crippen LogP contribution < -0.4 is 14.8 Å². The lowest BCUT2D eigenvalue weighted by Gasteiger charge is -2.10. The van der Waals surface area contributed by atoms with Crippen molar-refractivity contribution < 1.29 is 19.1 Å². The molecule has 0 aliphatic heterocycles. The summed E-state index contributed by atoms with van der Waals surface area (Å²) in [6.07, 6.45) is 0.364. The van der Waals surface area contributed by atoms with Crippen LogP contribution >= 0.6 is 0 Å². The van der Waals surface area contributed by atoms with Gasteiger partial charge in [-0.25, -0.2) is 0 Å². The third-order valence-electron chi connectivity index (χ3n) is 3.61. The van der Waals surface area contributed by atoms with Crippen molar-refractivity contribution in [1.29, 1.82) is 0 Å². The second-order valence-electron chi connectivity index (χ2n) is 5.26. The van der Waals surface area contributed by atoms with E-state index in [4.69, 9.17) is 9.47 Å². The van der Waals surface area contributed by atoms with Crippen molar-refractivity contribution in [3.8, 4) is 11.5 Å². The number of carbonyl (C=O) groups excluding carboxylic acids is 2. The lowest BCUT2D eigenvalue weighted by Crippen LogP contribution is -2.23. The van der Waals surface area contributed by atoms with E-state index in [2.05, 4.69) is 5.32 Å². The van der Waals surface area contributed by atoms with E-state index in [1.165, 1.54) is 0 Å². The molecule has 0 bridgehead atoms. The van der Waals surface area contributed by atoms with Crippen LogP contribution in [0.5, 0.6) is 11.5 Å². The third-order valence-corrected chi connectivity index (χ3v) is 3.61. The molecule has 1 N–H and O–H groups in total. The lowest BCUT2D eigenvalue weighted by atomic mass is 10.1. The summed E-state index contributed by atoms with van der Waals surface area (Å²) in [4.78, 5) is 23.9. The van der Waals surface area contributed by atoms with Gasteiger partial charge in [0, 0.05) is 24.9 Å². The monoisotopic (exact) mass is 327 g/mol. The first-order valence-electron chi connectivity index (χ1n) is 7.70. The number of ketones is 1. The van der Waals surface area contributed by atoms with E-state index in [-0.39, 0.29) is 24.5 Å². The van der Waals surface area contributed by atoms with Gasteiger partial charge in [0.05, 0.1) is 14.2 Å². The van der Waals surface area contributed by atoms with Gasteiger partial charge in [0.25, 0.3) is 0 Å². The Kier molecular flexibility index (Phi) is 6.37. The van der Waals surface area contributed by atoms with Crippen molar-refractivity contribution in [1.82, 2.24) is 5.32 Å².